The Morgan fingerprint density at radius 3 is 2.67 bits per heavy atom. The van der Waals surface area contributed by atoms with Gasteiger partial charge in [-0.1, -0.05) is 27.4 Å². The Hall–Kier alpha value is -0.793. The van der Waals surface area contributed by atoms with Crippen LogP contribution in [0.1, 0.15) is 20.8 Å². The van der Waals surface area contributed by atoms with Crippen molar-refractivity contribution in [1.29, 1.82) is 0 Å². The quantitative estimate of drug-likeness (QED) is 0.379. The van der Waals surface area contributed by atoms with Crippen molar-refractivity contribution in [3.8, 4) is 0 Å². The van der Waals surface area contributed by atoms with E-state index in [1.807, 2.05) is 0 Å². The van der Waals surface area contributed by atoms with Crippen LogP contribution in [0.4, 0.5) is 0 Å². The summed E-state index contributed by atoms with van der Waals surface area (Å²) in [5.74, 6) is -0.294. The standard InChI is InChI=1S/C9H16O2Si/c1-5-7-9(10)11-12(6-2)8(3)4/h7-8,12H,1,6H2,2-4H3. The number of rotatable bonds is 4. The molecule has 2 nitrogen and oxygen atoms in total. The van der Waals surface area contributed by atoms with E-state index in [-0.39, 0.29) is 5.97 Å². The van der Waals surface area contributed by atoms with Gasteiger partial charge in [-0.25, -0.2) is 4.79 Å². The molecule has 0 aromatic heterocycles. The number of hydrogen-bond donors (Lipinski definition) is 0. The highest BCUT2D eigenvalue weighted by Gasteiger charge is 2.17. The Kier molecular flexibility index (Phi) is 5.42. The molecule has 0 saturated heterocycles. The highest BCUT2D eigenvalue weighted by Crippen LogP contribution is 2.12. The Labute approximate surface area is 75.7 Å². The van der Waals surface area contributed by atoms with Gasteiger partial charge >= 0.3 is 5.97 Å². The van der Waals surface area contributed by atoms with Crippen molar-refractivity contribution in [2.75, 3.05) is 0 Å². The summed E-state index contributed by atoms with van der Waals surface area (Å²) in [7, 11) is -1.32. The summed E-state index contributed by atoms with van der Waals surface area (Å²) >= 11 is 0. The molecule has 0 rings (SSSR count). The lowest BCUT2D eigenvalue weighted by Crippen LogP contribution is -2.23. The van der Waals surface area contributed by atoms with Crippen molar-refractivity contribution >= 4 is 15.0 Å². The molecule has 12 heavy (non-hydrogen) atoms. The minimum Gasteiger partial charge on any atom is -0.518 e. The third-order valence-corrected chi connectivity index (χ3v) is 4.46. The summed E-state index contributed by atoms with van der Waals surface area (Å²) in [4.78, 5) is 11.0. The van der Waals surface area contributed by atoms with E-state index in [0.29, 0.717) is 5.54 Å². The van der Waals surface area contributed by atoms with Gasteiger partial charge in [-0.3, -0.25) is 0 Å². The summed E-state index contributed by atoms with van der Waals surface area (Å²) in [6.07, 6.45) is 1.25. The van der Waals surface area contributed by atoms with Gasteiger partial charge in [0.25, 0.3) is 0 Å². The van der Waals surface area contributed by atoms with Gasteiger partial charge in [0.2, 0.25) is 9.04 Å². The Morgan fingerprint density at radius 2 is 2.33 bits per heavy atom. The first kappa shape index (κ1) is 11.2. The molecule has 0 radical (unpaired) electrons. The molecular weight excluding hydrogens is 168 g/mol. The molecule has 0 fully saturated rings. The van der Waals surface area contributed by atoms with E-state index in [2.05, 4.69) is 33.1 Å². The molecule has 0 aliphatic rings. The molecular formula is C9H16O2Si. The molecule has 0 N–H and O–H groups in total. The van der Waals surface area contributed by atoms with E-state index in [1.54, 1.807) is 0 Å². The normalized spacial score (nSPS) is 12.0. The van der Waals surface area contributed by atoms with Crippen LogP contribution in [0.2, 0.25) is 11.6 Å². The fraction of sp³-hybridized carbons (Fsp3) is 0.556. The summed E-state index contributed by atoms with van der Waals surface area (Å²) in [6, 6.07) is 0.981. The summed E-state index contributed by atoms with van der Waals surface area (Å²) < 4.78 is 5.24. The molecule has 1 unspecified atom stereocenters. The average molecular weight is 184 g/mol. The highest BCUT2D eigenvalue weighted by molar-refractivity contribution is 6.55. The Balaban J connectivity index is 4.02. The van der Waals surface area contributed by atoms with E-state index in [9.17, 15) is 4.79 Å². The Bertz CT molecular complexity index is 193. The van der Waals surface area contributed by atoms with E-state index in [0.717, 1.165) is 6.04 Å². The van der Waals surface area contributed by atoms with Crippen LogP contribution < -0.4 is 0 Å². The maximum absolute atomic E-state index is 11.0. The number of hydrogen-bond acceptors (Lipinski definition) is 2. The second-order valence-electron chi connectivity index (χ2n) is 2.98. The molecule has 0 aromatic carbocycles. The molecule has 0 saturated carbocycles. The van der Waals surface area contributed by atoms with Gasteiger partial charge in [-0.2, -0.15) is 0 Å². The lowest BCUT2D eigenvalue weighted by atomic mass is 10.6. The van der Waals surface area contributed by atoms with Crippen LogP contribution in [0.3, 0.4) is 0 Å². The van der Waals surface area contributed by atoms with Gasteiger partial charge < -0.3 is 4.43 Å². The van der Waals surface area contributed by atoms with Crippen LogP contribution in [-0.4, -0.2) is 15.0 Å². The first-order chi connectivity index (χ1) is 5.61. The zero-order chi connectivity index (χ0) is 9.56. The van der Waals surface area contributed by atoms with Gasteiger partial charge in [-0.05, 0) is 11.6 Å². The fourth-order valence-electron chi connectivity index (χ4n) is 0.957. The maximum atomic E-state index is 11.0. The summed E-state index contributed by atoms with van der Waals surface area (Å²) in [6.45, 7) is 9.55. The second-order valence-corrected chi connectivity index (χ2v) is 6.44. The lowest BCUT2D eigenvalue weighted by molar-refractivity contribution is -0.129. The third kappa shape index (κ3) is 4.16. The van der Waals surface area contributed by atoms with Gasteiger partial charge in [0.05, 0.1) is 6.08 Å². The van der Waals surface area contributed by atoms with Crippen LogP contribution in [0.5, 0.6) is 0 Å². The molecule has 0 aliphatic heterocycles. The van der Waals surface area contributed by atoms with E-state index < -0.39 is 9.04 Å². The number of carbonyl (C=O) groups is 1. The molecule has 3 heteroatoms. The molecule has 0 aromatic rings. The molecule has 0 aliphatic carbocycles. The molecule has 1 atom stereocenters. The number of carbonyl (C=O) groups excluding carboxylic acids is 1. The topological polar surface area (TPSA) is 26.3 Å². The predicted octanol–water partition coefficient (Wildman–Crippen LogP) is 2.02. The highest BCUT2D eigenvalue weighted by atomic mass is 28.3. The first-order valence-corrected chi connectivity index (χ1v) is 6.13. The van der Waals surface area contributed by atoms with E-state index in [4.69, 9.17) is 4.43 Å². The summed E-state index contributed by atoms with van der Waals surface area (Å²) in [5, 5.41) is 0. The lowest BCUT2D eigenvalue weighted by Gasteiger charge is -2.16. The van der Waals surface area contributed by atoms with Gasteiger partial charge in [-0.15, -0.1) is 5.73 Å². The minimum atomic E-state index is -1.32. The smallest absolute Gasteiger partial charge is 0.325 e. The monoisotopic (exact) mass is 184 g/mol. The van der Waals surface area contributed by atoms with Crippen LogP contribution in [0.15, 0.2) is 18.4 Å². The zero-order valence-corrected chi connectivity index (χ0v) is 9.12. The second kappa shape index (κ2) is 5.81. The van der Waals surface area contributed by atoms with Crippen molar-refractivity contribution in [1.82, 2.24) is 0 Å². The van der Waals surface area contributed by atoms with Gasteiger partial charge in [0.1, 0.15) is 0 Å². The van der Waals surface area contributed by atoms with Crippen molar-refractivity contribution < 1.29 is 9.22 Å². The van der Waals surface area contributed by atoms with Gasteiger partial charge in [0.15, 0.2) is 0 Å². The molecule has 68 valence electrons. The van der Waals surface area contributed by atoms with Crippen LogP contribution >= 0.6 is 0 Å². The Morgan fingerprint density at radius 1 is 1.75 bits per heavy atom. The average Bonchev–Trinajstić information content (AvgIpc) is 2.00. The molecule has 0 amide bonds. The predicted molar refractivity (Wildman–Crippen MR) is 52.5 cm³/mol. The molecule has 0 heterocycles. The SMILES string of the molecule is C=C=CC(=O)O[SiH](CC)C(C)C. The van der Waals surface area contributed by atoms with Crippen LogP contribution in [-0.2, 0) is 9.22 Å². The maximum Gasteiger partial charge on any atom is 0.325 e. The fourth-order valence-corrected chi connectivity index (χ4v) is 2.71. The first-order valence-electron chi connectivity index (χ1n) is 4.18. The van der Waals surface area contributed by atoms with Crippen LogP contribution in [0.25, 0.3) is 0 Å². The van der Waals surface area contributed by atoms with E-state index >= 15 is 0 Å². The third-order valence-electron chi connectivity index (χ3n) is 1.63. The van der Waals surface area contributed by atoms with Crippen molar-refractivity contribution in [2.24, 2.45) is 0 Å². The van der Waals surface area contributed by atoms with Crippen molar-refractivity contribution in [3.05, 3.63) is 18.4 Å². The van der Waals surface area contributed by atoms with E-state index in [1.165, 1.54) is 6.08 Å². The van der Waals surface area contributed by atoms with Crippen molar-refractivity contribution in [3.63, 3.8) is 0 Å². The van der Waals surface area contributed by atoms with Crippen molar-refractivity contribution in [2.45, 2.75) is 32.4 Å². The largest absolute Gasteiger partial charge is 0.518 e. The van der Waals surface area contributed by atoms with Crippen LogP contribution in [0, 0.1) is 0 Å². The van der Waals surface area contributed by atoms with Gasteiger partial charge in [0, 0.05) is 0 Å². The minimum absolute atomic E-state index is 0.294. The molecule has 0 spiro atoms. The molecule has 0 bridgehead atoms. The summed E-state index contributed by atoms with van der Waals surface area (Å²) in [5.41, 5.74) is 2.91. The zero-order valence-electron chi connectivity index (χ0n) is 7.96.